The predicted molar refractivity (Wildman–Crippen MR) is 67.6 cm³/mol. The summed E-state index contributed by atoms with van der Waals surface area (Å²) in [4.78, 5) is 11.3. The van der Waals surface area contributed by atoms with Gasteiger partial charge in [-0.15, -0.1) is 0 Å². The Labute approximate surface area is 111 Å². The number of aromatic hydroxyl groups is 1. The van der Waals surface area contributed by atoms with Crippen LogP contribution in [0.4, 0.5) is 0 Å². The molecule has 1 N–H and O–H groups in total. The fourth-order valence-corrected chi connectivity index (χ4v) is 1.35. The normalized spacial score (nSPS) is 10.2. The number of methoxy groups -OCH3 is 2. The first-order chi connectivity index (χ1) is 9.19. The van der Waals surface area contributed by atoms with Gasteiger partial charge in [-0.25, -0.2) is 4.79 Å². The molecule has 0 atom stereocenters. The highest BCUT2D eigenvalue weighted by molar-refractivity contribution is 5.92. The third kappa shape index (κ3) is 5.15. The second-order valence-electron chi connectivity index (χ2n) is 3.62. The molecule has 0 amide bonds. The topological polar surface area (TPSA) is 74.2 Å². The molecule has 6 heteroatoms. The molecule has 0 saturated heterocycles. The molecule has 0 aliphatic rings. The quantitative estimate of drug-likeness (QED) is 0.565. The van der Waals surface area contributed by atoms with E-state index in [-0.39, 0.29) is 11.3 Å². The van der Waals surface area contributed by atoms with Gasteiger partial charge in [0.05, 0.1) is 26.9 Å². The number of ether oxygens (including phenoxy) is 4. The third-order valence-corrected chi connectivity index (χ3v) is 2.30. The molecule has 1 aromatic rings. The maximum absolute atomic E-state index is 11.3. The molecule has 0 saturated carbocycles. The summed E-state index contributed by atoms with van der Waals surface area (Å²) in [5.74, 6) is -0.308. The Kier molecular flexibility index (Phi) is 6.70. The van der Waals surface area contributed by atoms with Gasteiger partial charge in [-0.1, -0.05) is 0 Å². The highest BCUT2D eigenvalue weighted by Gasteiger charge is 2.11. The minimum absolute atomic E-state index is 0.103. The lowest BCUT2D eigenvalue weighted by atomic mass is 10.2. The lowest BCUT2D eigenvalue weighted by Gasteiger charge is -2.08. The summed E-state index contributed by atoms with van der Waals surface area (Å²) < 4.78 is 19.9. The van der Waals surface area contributed by atoms with E-state index in [0.717, 1.165) is 0 Å². The number of phenols is 1. The fourth-order valence-electron chi connectivity index (χ4n) is 1.35. The molecule has 6 nitrogen and oxygen atoms in total. The van der Waals surface area contributed by atoms with Crippen molar-refractivity contribution in [1.29, 1.82) is 0 Å². The van der Waals surface area contributed by atoms with Crippen molar-refractivity contribution in [2.75, 3.05) is 40.6 Å². The SMILES string of the molecule is COCCOCCOc1ccc(C(=O)OC)c(O)c1. The maximum Gasteiger partial charge on any atom is 0.341 e. The summed E-state index contributed by atoms with van der Waals surface area (Å²) in [7, 11) is 2.86. The number of hydrogen-bond acceptors (Lipinski definition) is 6. The molecule has 0 heterocycles. The van der Waals surface area contributed by atoms with Crippen LogP contribution in [0.15, 0.2) is 18.2 Å². The van der Waals surface area contributed by atoms with Crippen LogP contribution in [0.3, 0.4) is 0 Å². The average molecular weight is 270 g/mol. The van der Waals surface area contributed by atoms with Crippen molar-refractivity contribution in [1.82, 2.24) is 0 Å². The number of carbonyl (C=O) groups excluding carboxylic acids is 1. The van der Waals surface area contributed by atoms with Crippen LogP contribution >= 0.6 is 0 Å². The number of esters is 1. The molecule has 0 unspecified atom stereocenters. The second-order valence-corrected chi connectivity index (χ2v) is 3.62. The lowest BCUT2D eigenvalue weighted by Crippen LogP contribution is -2.10. The Morgan fingerprint density at radius 3 is 2.53 bits per heavy atom. The zero-order valence-electron chi connectivity index (χ0n) is 11.0. The number of phenolic OH excluding ortho intramolecular Hbond substituents is 1. The zero-order valence-corrected chi connectivity index (χ0v) is 11.0. The van der Waals surface area contributed by atoms with Crippen LogP contribution in [0.1, 0.15) is 10.4 Å². The Balaban J connectivity index is 2.39. The average Bonchev–Trinajstić information content (AvgIpc) is 2.42. The Hall–Kier alpha value is -1.79. The Morgan fingerprint density at radius 2 is 1.89 bits per heavy atom. The van der Waals surface area contributed by atoms with E-state index in [4.69, 9.17) is 14.2 Å². The van der Waals surface area contributed by atoms with Gasteiger partial charge in [-0.05, 0) is 12.1 Å². The van der Waals surface area contributed by atoms with Gasteiger partial charge in [0.1, 0.15) is 23.7 Å². The van der Waals surface area contributed by atoms with Crippen LogP contribution in [0, 0.1) is 0 Å². The minimum Gasteiger partial charge on any atom is -0.507 e. The molecule has 0 fully saturated rings. The highest BCUT2D eigenvalue weighted by atomic mass is 16.5. The van der Waals surface area contributed by atoms with Crippen LogP contribution < -0.4 is 4.74 Å². The number of carbonyl (C=O) groups is 1. The van der Waals surface area contributed by atoms with Gasteiger partial charge in [0, 0.05) is 13.2 Å². The molecular formula is C13H18O6. The predicted octanol–water partition coefficient (Wildman–Crippen LogP) is 1.22. The second kappa shape index (κ2) is 8.34. The minimum atomic E-state index is -0.591. The maximum atomic E-state index is 11.3. The lowest BCUT2D eigenvalue weighted by molar-refractivity contribution is 0.0543. The van der Waals surface area contributed by atoms with Gasteiger partial charge in [0.2, 0.25) is 0 Å². The Bertz CT molecular complexity index is 404. The van der Waals surface area contributed by atoms with E-state index in [1.165, 1.54) is 19.2 Å². The van der Waals surface area contributed by atoms with Crippen molar-refractivity contribution >= 4 is 5.97 Å². The van der Waals surface area contributed by atoms with Gasteiger partial charge < -0.3 is 24.1 Å². The van der Waals surface area contributed by atoms with Crippen LogP contribution in [0.2, 0.25) is 0 Å². The molecule has 0 radical (unpaired) electrons. The van der Waals surface area contributed by atoms with Crippen molar-refractivity contribution in [3.63, 3.8) is 0 Å². The van der Waals surface area contributed by atoms with E-state index in [1.54, 1.807) is 13.2 Å². The summed E-state index contributed by atoms with van der Waals surface area (Å²) in [6, 6.07) is 4.39. The first-order valence-corrected chi connectivity index (χ1v) is 5.80. The molecule has 0 bridgehead atoms. The molecule has 0 spiro atoms. The number of benzene rings is 1. The summed E-state index contributed by atoms with van der Waals surface area (Å²) in [6.07, 6.45) is 0. The monoisotopic (exact) mass is 270 g/mol. The largest absolute Gasteiger partial charge is 0.507 e. The van der Waals surface area contributed by atoms with Crippen LogP contribution in [0.25, 0.3) is 0 Å². The van der Waals surface area contributed by atoms with E-state index in [2.05, 4.69) is 4.74 Å². The first-order valence-electron chi connectivity index (χ1n) is 5.80. The summed E-state index contributed by atoms with van der Waals surface area (Å²) >= 11 is 0. The van der Waals surface area contributed by atoms with Crippen molar-refractivity contribution in [3.8, 4) is 11.5 Å². The van der Waals surface area contributed by atoms with Gasteiger partial charge in [0.15, 0.2) is 0 Å². The van der Waals surface area contributed by atoms with Crippen molar-refractivity contribution in [3.05, 3.63) is 23.8 Å². The first kappa shape index (κ1) is 15.3. The molecule has 0 aliphatic carbocycles. The van der Waals surface area contributed by atoms with E-state index < -0.39 is 5.97 Å². The standard InChI is InChI=1S/C13H18O6/c1-16-5-6-18-7-8-19-10-3-4-11(12(14)9-10)13(15)17-2/h3-4,9,14H,5-8H2,1-2H3. The molecular weight excluding hydrogens is 252 g/mol. The smallest absolute Gasteiger partial charge is 0.341 e. The van der Waals surface area contributed by atoms with Crippen molar-refractivity contribution in [2.45, 2.75) is 0 Å². The van der Waals surface area contributed by atoms with Crippen molar-refractivity contribution in [2.24, 2.45) is 0 Å². The van der Waals surface area contributed by atoms with E-state index >= 15 is 0 Å². The van der Waals surface area contributed by atoms with Crippen molar-refractivity contribution < 1.29 is 28.8 Å². The molecule has 1 rings (SSSR count). The third-order valence-electron chi connectivity index (χ3n) is 2.30. The van der Waals surface area contributed by atoms with E-state index in [0.29, 0.717) is 32.2 Å². The zero-order chi connectivity index (χ0) is 14.1. The molecule has 1 aromatic carbocycles. The summed E-state index contributed by atoms with van der Waals surface area (Å²) in [5.41, 5.74) is 0.103. The van der Waals surface area contributed by atoms with Gasteiger partial charge >= 0.3 is 5.97 Å². The summed E-state index contributed by atoms with van der Waals surface area (Å²) in [5, 5.41) is 9.64. The van der Waals surface area contributed by atoms with Gasteiger partial charge in [-0.2, -0.15) is 0 Å². The van der Waals surface area contributed by atoms with E-state index in [1.807, 2.05) is 0 Å². The highest BCUT2D eigenvalue weighted by Crippen LogP contribution is 2.24. The number of rotatable bonds is 8. The van der Waals surface area contributed by atoms with Crippen LogP contribution in [-0.4, -0.2) is 51.7 Å². The summed E-state index contributed by atoms with van der Waals surface area (Å²) in [6.45, 7) is 1.81. The van der Waals surface area contributed by atoms with Crippen LogP contribution in [-0.2, 0) is 14.2 Å². The fraction of sp³-hybridized carbons (Fsp3) is 0.462. The van der Waals surface area contributed by atoms with Gasteiger partial charge in [0.25, 0.3) is 0 Å². The molecule has 0 aromatic heterocycles. The number of hydrogen-bond donors (Lipinski definition) is 1. The van der Waals surface area contributed by atoms with E-state index in [9.17, 15) is 9.90 Å². The molecule has 106 valence electrons. The molecule has 19 heavy (non-hydrogen) atoms. The van der Waals surface area contributed by atoms with Crippen LogP contribution in [0.5, 0.6) is 11.5 Å². The Morgan fingerprint density at radius 1 is 1.16 bits per heavy atom. The molecule has 0 aliphatic heterocycles. The van der Waals surface area contributed by atoms with Gasteiger partial charge in [-0.3, -0.25) is 0 Å².